The maximum atomic E-state index is 12.2. The van der Waals surface area contributed by atoms with Crippen LogP contribution in [0.25, 0.3) is 0 Å². The van der Waals surface area contributed by atoms with Gasteiger partial charge in [-0.2, -0.15) is 0 Å². The van der Waals surface area contributed by atoms with Gasteiger partial charge in [0.15, 0.2) is 0 Å². The maximum Gasteiger partial charge on any atom is 0.314 e. The van der Waals surface area contributed by atoms with Crippen LogP contribution < -0.4 is 15.4 Å². The molecule has 0 aliphatic rings. The Morgan fingerprint density at radius 1 is 0.958 bits per heavy atom. The summed E-state index contributed by atoms with van der Waals surface area (Å²) >= 11 is 0. The second kappa shape index (κ2) is 7.64. The van der Waals surface area contributed by atoms with Crippen LogP contribution >= 0.6 is 0 Å². The number of hydrogen-bond acceptors (Lipinski definition) is 3. The lowest BCUT2D eigenvalue weighted by Gasteiger charge is -2.14. The lowest BCUT2D eigenvalue weighted by molar-refractivity contribution is -0.133. The molecule has 0 radical (unpaired) electrons. The number of amides is 2. The molecule has 0 unspecified atom stereocenters. The molecule has 0 saturated heterocycles. The Hall–Kier alpha value is -2.82. The van der Waals surface area contributed by atoms with Gasteiger partial charge in [0, 0.05) is 5.69 Å². The second-order valence-electron chi connectivity index (χ2n) is 5.61. The number of rotatable bonds is 4. The van der Waals surface area contributed by atoms with Crippen molar-refractivity contribution in [1.82, 2.24) is 0 Å². The minimum atomic E-state index is -0.735. The van der Waals surface area contributed by atoms with Crippen LogP contribution in [0.4, 0.5) is 11.4 Å². The minimum absolute atomic E-state index is 0.469. The molecule has 0 atom stereocenters. The van der Waals surface area contributed by atoms with E-state index in [1.807, 2.05) is 39.8 Å². The molecule has 2 amide bonds. The lowest BCUT2D eigenvalue weighted by atomic mass is 10.1. The van der Waals surface area contributed by atoms with E-state index in [4.69, 9.17) is 4.74 Å². The van der Waals surface area contributed by atoms with Gasteiger partial charge in [0.05, 0.1) is 12.3 Å². The number of aryl methyl sites for hydroxylation is 3. The predicted octanol–water partition coefficient (Wildman–Crippen LogP) is 3.59. The normalized spacial score (nSPS) is 10.2. The maximum absolute atomic E-state index is 12.2. The van der Waals surface area contributed by atoms with E-state index < -0.39 is 11.8 Å². The van der Waals surface area contributed by atoms with Crippen molar-refractivity contribution < 1.29 is 14.3 Å². The Morgan fingerprint density at radius 3 is 2.17 bits per heavy atom. The van der Waals surface area contributed by atoms with Crippen LogP contribution in [0.3, 0.4) is 0 Å². The number of ether oxygens (including phenoxy) is 1. The molecule has 0 aromatic heterocycles. The SMILES string of the molecule is CCOc1ccccc1NC(=O)C(=O)Nc1c(C)cc(C)cc1C. The third kappa shape index (κ3) is 4.13. The van der Waals surface area contributed by atoms with Crippen LogP contribution in [-0.2, 0) is 9.59 Å². The summed E-state index contributed by atoms with van der Waals surface area (Å²) in [5.41, 5.74) is 4.08. The Morgan fingerprint density at radius 2 is 1.54 bits per heavy atom. The van der Waals surface area contributed by atoms with Gasteiger partial charge in [-0.05, 0) is 51.0 Å². The van der Waals surface area contributed by atoms with Crippen molar-refractivity contribution in [1.29, 1.82) is 0 Å². The summed E-state index contributed by atoms with van der Waals surface area (Å²) in [6.07, 6.45) is 0. The molecule has 2 rings (SSSR count). The standard InChI is InChI=1S/C19H22N2O3/c1-5-24-16-9-7-6-8-15(16)20-18(22)19(23)21-17-13(3)10-12(2)11-14(17)4/h6-11H,5H2,1-4H3,(H,20,22)(H,21,23). The Kier molecular flexibility index (Phi) is 5.58. The third-order valence-corrected chi connectivity index (χ3v) is 3.56. The monoisotopic (exact) mass is 326 g/mol. The summed E-state index contributed by atoms with van der Waals surface area (Å²) < 4.78 is 5.44. The number of carbonyl (C=O) groups is 2. The summed E-state index contributed by atoms with van der Waals surface area (Å²) in [7, 11) is 0. The number of benzene rings is 2. The molecule has 2 N–H and O–H groups in total. The summed E-state index contributed by atoms with van der Waals surface area (Å²) in [6, 6.07) is 10.9. The van der Waals surface area contributed by atoms with Crippen LogP contribution in [0.5, 0.6) is 5.75 Å². The third-order valence-electron chi connectivity index (χ3n) is 3.56. The number of hydrogen-bond donors (Lipinski definition) is 2. The first-order valence-electron chi connectivity index (χ1n) is 7.84. The van der Waals surface area contributed by atoms with E-state index >= 15 is 0 Å². The van der Waals surface area contributed by atoms with Crippen LogP contribution in [-0.4, -0.2) is 18.4 Å². The number of carbonyl (C=O) groups excluding carboxylic acids is 2. The first kappa shape index (κ1) is 17.5. The molecule has 0 heterocycles. The highest BCUT2D eigenvalue weighted by molar-refractivity contribution is 6.44. The van der Waals surface area contributed by atoms with Crippen molar-refractivity contribution in [2.45, 2.75) is 27.7 Å². The molecule has 0 bridgehead atoms. The summed E-state index contributed by atoms with van der Waals surface area (Å²) in [5.74, 6) is -0.915. The zero-order valence-corrected chi connectivity index (χ0v) is 14.4. The van der Waals surface area contributed by atoms with Crippen molar-refractivity contribution in [3.63, 3.8) is 0 Å². The zero-order chi connectivity index (χ0) is 17.7. The fourth-order valence-electron chi connectivity index (χ4n) is 2.58. The highest BCUT2D eigenvalue weighted by atomic mass is 16.5. The Bertz CT molecular complexity index is 746. The fraction of sp³-hybridized carbons (Fsp3) is 0.263. The van der Waals surface area contributed by atoms with Gasteiger partial charge in [-0.1, -0.05) is 29.8 Å². The number of nitrogens with one attached hydrogen (secondary N) is 2. The molecule has 0 aliphatic carbocycles. The largest absolute Gasteiger partial charge is 0.492 e. The molecule has 5 heteroatoms. The Labute approximate surface area is 142 Å². The van der Waals surface area contributed by atoms with Gasteiger partial charge in [0.1, 0.15) is 5.75 Å². The van der Waals surface area contributed by atoms with Crippen LogP contribution in [0.2, 0.25) is 0 Å². The van der Waals surface area contributed by atoms with Crippen molar-refractivity contribution in [2.24, 2.45) is 0 Å². The van der Waals surface area contributed by atoms with Crippen molar-refractivity contribution in [3.8, 4) is 5.75 Å². The van der Waals surface area contributed by atoms with Crippen molar-refractivity contribution in [2.75, 3.05) is 17.2 Å². The van der Waals surface area contributed by atoms with E-state index in [1.54, 1.807) is 24.3 Å². The van der Waals surface area contributed by atoms with Gasteiger partial charge in [0.25, 0.3) is 0 Å². The van der Waals surface area contributed by atoms with Gasteiger partial charge in [-0.15, -0.1) is 0 Å². The second-order valence-corrected chi connectivity index (χ2v) is 5.61. The highest BCUT2D eigenvalue weighted by Crippen LogP contribution is 2.24. The molecule has 2 aromatic carbocycles. The summed E-state index contributed by atoms with van der Waals surface area (Å²) in [5, 5.41) is 5.28. The highest BCUT2D eigenvalue weighted by Gasteiger charge is 2.17. The van der Waals surface area contributed by atoms with Crippen molar-refractivity contribution in [3.05, 3.63) is 53.1 Å². The quantitative estimate of drug-likeness (QED) is 0.844. The predicted molar refractivity (Wildman–Crippen MR) is 95.5 cm³/mol. The average Bonchev–Trinajstić information content (AvgIpc) is 2.52. The molecule has 0 spiro atoms. The van der Waals surface area contributed by atoms with Gasteiger partial charge in [-0.3, -0.25) is 9.59 Å². The topological polar surface area (TPSA) is 67.4 Å². The molecule has 0 aliphatic heterocycles. The molecule has 126 valence electrons. The first-order valence-corrected chi connectivity index (χ1v) is 7.84. The van der Waals surface area contributed by atoms with Crippen LogP contribution in [0.1, 0.15) is 23.6 Å². The van der Waals surface area contributed by atoms with E-state index in [2.05, 4.69) is 10.6 Å². The molecule has 0 fully saturated rings. The lowest BCUT2D eigenvalue weighted by Crippen LogP contribution is -2.29. The minimum Gasteiger partial charge on any atom is -0.492 e. The molecular weight excluding hydrogens is 304 g/mol. The smallest absolute Gasteiger partial charge is 0.314 e. The van der Waals surface area contributed by atoms with E-state index in [0.717, 1.165) is 16.7 Å². The molecule has 2 aromatic rings. The average molecular weight is 326 g/mol. The van der Waals surface area contributed by atoms with E-state index in [-0.39, 0.29) is 0 Å². The molecule has 24 heavy (non-hydrogen) atoms. The Balaban J connectivity index is 2.13. The van der Waals surface area contributed by atoms with Gasteiger partial charge >= 0.3 is 11.8 Å². The molecule has 5 nitrogen and oxygen atoms in total. The summed E-state index contributed by atoms with van der Waals surface area (Å²) in [6.45, 7) is 8.12. The number of anilines is 2. The van der Waals surface area contributed by atoms with E-state index in [9.17, 15) is 9.59 Å². The number of para-hydroxylation sites is 2. The summed E-state index contributed by atoms with van der Waals surface area (Å²) in [4.78, 5) is 24.4. The van der Waals surface area contributed by atoms with Gasteiger partial charge in [0.2, 0.25) is 0 Å². The molecule has 0 saturated carbocycles. The fourth-order valence-corrected chi connectivity index (χ4v) is 2.58. The van der Waals surface area contributed by atoms with Crippen molar-refractivity contribution >= 4 is 23.2 Å². The van der Waals surface area contributed by atoms with Crippen LogP contribution in [0, 0.1) is 20.8 Å². The van der Waals surface area contributed by atoms with Crippen LogP contribution in [0.15, 0.2) is 36.4 Å². The van der Waals surface area contributed by atoms with Gasteiger partial charge < -0.3 is 15.4 Å². The van der Waals surface area contributed by atoms with Gasteiger partial charge in [-0.25, -0.2) is 0 Å². The van der Waals surface area contributed by atoms with E-state index in [1.165, 1.54) is 0 Å². The zero-order valence-electron chi connectivity index (χ0n) is 14.4. The first-order chi connectivity index (χ1) is 11.4. The molecular formula is C19H22N2O3. The van der Waals surface area contributed by atoms with E-state index in [0.29, 0.717) is 23.7 Å².